The van der Waals surface area contributed by atoms with Crippen LogP contribution in [0.2, 0.25) is 5.28 Å². The lowest BCUT2D eigenvalue weighted by atomic mass is 10.3. The number of rotatable bonds is 4. The van der Waals surface area contributed by atoms with Gasteiger partial charge in [-0.05, 0) is 23.7 Å². The molecule has 0 bridgehead atoms. The van der Waals surface area contributed by atoms with Crippen LogP contribution in [0.15, 0.2) is 24.3 Å². The van der Waals surface area contributed by atoms with Gasteiger partial charge < -0.3 is 15.4 Å². The molecule has 112 valence electrons. The van der Waals surface area contributed by atoms with E-state index in [-0.39, 0.29) is 22.9 Å². The summed E-state index contributed by atoms with van der Waals surface area (Å²) in [5, 5.41) is 5.33. The molecule has 0 saturated heterocycles. The zero-order valence-corrected chi connectivity index (χ0v) is 11.3. The Bertz CT molecular complexity index is 637. The predicted octanol–water partition coefficient (Wildman–Crippen LogP) is 3.21. The average molecular weight is 320 g/mol. The van der Waals surface area contributed by atoms with Crippen molar-refractivity contribution in [3.63, 3.8) is 0 Å². The maximum absolute atomic E-state index is 12.2. The summed E-state index contributed by atoms with van der Waals surface area (Å²) >= 11 is 5.70. The van der Waals surface area contributed by atoms with Crippen LogP contribution in [0.4, 0.5) is 30.8 Å². The second-order valence-electron chi connectivity index (χ2n) is 3.70. The molecular formula is C11H9ClF3N5O. The molecule has 0 aliphatic heterocycles. The van der Waals surface area contributed by atoms with Crippen LogP contribution in [0.5, 0.6) is 5.75 Å². The number of alkyl halides is 3. The van der Waals surface area contributed by atoms with Crippen molar-refractivity contribution >= 4 is 29.2 Å². The van der Waals surface area contributed by atoms with Crippen LogP contribution in [-0.2, 0) is 0 Å². The standard InChI is InChI=1S/C11H9ClF3N5O/c1-16-9-18-8(12)19-10(20-9)17-6-3-2-4-7(5-6)21-11(13,14)15/h2-5H,1H3,(H2,16,17,18,19,20). The molecule has 1 aromatic carbocycles. The van der Waals surface area contributed by atoms with E-state index in [9.17, 15) is 13.2 Å². The van der Waals surface area contributed by atoms with Gasteiger partial charge in [-0.3, -0.25) is 0 Å². The molecule has 0 spiro atoms. The monoisotopic (exact) mass is 319 g/mol. The maximum Gasteiger partial charge on any atom is 0.573 e. The lowest BCUT2D eigenvalue weighted by molar-refractivity contribution is -0.274. The van der Waals surface area contributed by atoms with Crippen LogP contribution in [0, 0.1) is 0 Å². The molecule has 0 radical (unpaired) electrons. The Morgan fingerprint density at radius 1 is 1.14 bits per heavy atom. The second kappa shape index (κ2) is 6.00. The SMILES string of the molecule is CNc1nc(Cl)nc(Nc2cccc(OC(F)(F)F)c2)n1. The van der Waals surface area contributed by atoms with Gasteiger partial charge in [0.25, 0.3) is 0 Å². The van der Waals surface area contributed by atoms with E-state index < -0.39 is 6.36 Å². The number of nitrogens with zero attached hydrogens (tertiary/aromatic N) is 3. The van der Waals surface area contributed by atoms with E-state index in [1.54, 1.807) is 7.05 Å². The Morgan fingerprint density at radius 3 is 2.52 bits per heavy atom. The summed E-state index contributed by atoms with van der Waals surface area (Å²) < 4.78 is 40.3. The van der Waals surface area contributed by atoms with E-state index in [1.807, 2.05) is 0 Å². The van der Waals surface area contributed by atoms with Crippen LogP contribution in [0.1, 0.15) is 0 Å². The van der Waals surface area contributed by atoms with Gasteiger partial charge >= 0.3 is 6.36 Å². The predicted molar refractivity (Wildman–Crippen MR) is 70.8 cm³/mol. The summed E-state index contributed by atoms with van der Waals surface area (Å²) in [6.45, 7) is 0. The lowest BCUT2D eigenvalue weighted by Crippen LogP contribution is -2.17. The van der Waals surface area contributed by atoms with E-state index in [2.05, 4.69) is 30.3 Å². The quantitative estimate of drug-likeness (QED) is 0.901. The Morgan fingerprint density at radius 2 is 1.86 bits per heavy atom. The van der Waals surface area contributed by atoms with Crippen molar-refractivity contribution in [2.75, 3.05) is 17.7 Å². The molecule has 0 amide bonds. The summed E-state index contributed by atoms with van der Waals surface area (Å²) in [7, 11) is 1.59. The van der Waals surface area contributed by atoms with Crippen LogP contribution >= 0.6 is 11.6 Å². The van der Waals surface area contributed by atoms with Crippen molar-refractivity contribution < 1.29 is 17.9 Å². The molecular weight excluding hydrogens is 311 g/mol. The van der Waals surface area contributed by atoms with E-state index in [1.165, 1.54) is 18.2 Å². The Labute approximate surface area is 122 Å². The van der Waals surface area contributed by atoms with Gasteiger partial charge in [-0.1, -0.05) is 6.07 Å². The number of hydrogen-bond acceptors (Lipinski definition) is 6. The minimum absolute atomic E-state index is 0.0560. The van der Waals surface area contributed by atoms with Gasteiger partial charge in [0.2, 0.25) is 17.2 Å². The summed E-state index contributed by atoms with van der Waals surface area (Å²) in [6.07, 6.45) is -4.76. The number of anilines is 3. The number of halogens is 4. The number of nitrogens with one attached hydrogen (secondary N) is 2. The molecule has 0 saturated carbocycles. The third kappa shape index (κ3) is 4.63. The summed E-state index contributed by atoms with van der Waals surface area (Å²) in [6, 6.07) is 5.26. The fourth-order valence-electron chi connectivity index (χ4n) is 1.42. The highest BCUT2D eigenvalue weighted by Crippen LogP contribution is 2.26. The fraction of sp³-hybridized carbons (Fsp3) is 0.182. The number of ether oxygens (including phenoxy) is 1. The average Bonchev–Trinajstić information content (AvgIpc) is 2.36. The number of aromatic nitrogens is 3. The molecule has 2 aromatic rings. The minimum atomic E-state index is -4.76. The molecule has 0 unspecified atom stereocenters. The highest BCUT2D eigenvalue weighted by atomic mass is 35.5. The van der Waals surface area contributed by atoms with Crippen LogP contribution in [0.3, 0.4) is 0 Å². The molecule has 0 fully saturated rings. The topological polar surface area (TPSA) is 72.0 Å². The first-order valence-electron chi connectivity index (χ1n) is 5.58. The van der Waals surface area contributed by atoms with Crippen molar-refractivity contribution in [1.29, 1.82) is 0 Å². The van der Waals surface area contributed by atoms with Gasteiger partial charge in [-0.25, -0.2) is 0 Å². The molecule has 0 aliphatic carbocycles. The van der Waals surface area contributed by atoms with E-state index in [4.69, 9.17) is 11.6 Å². The van der Waals surface area contributed by atoms with Crippen LogP contribution < -0.4 is 15.4 Å². The first-order chi connectivity index (χ1) is 9.85. The van der Waals surface area contributed by atoms with Crippen LogP contribution in [0.25, 0.3) is 0 Å². The van der Waals surface area contributed by atoms with Crippen LogP contribution in [-0.4, -0.2) is 28.4 Å². The first kappa shape index (κ1) is 15.1. The van der Waals surface area contributed by atoms with Gasteiger partial charge in [0.15, 0.2) is 0 Å². The maximum atomic E-state index is 12.2. The summed E-state index contributed by atoms with van der Waals surface area (Å²) in [5.74, 6) is -0.0507. The first-order valence-corrected chi connectivity index (χ1v) is 5.96. The van der Waals surface area contributed by atoms with Crippen molar-refractivity contribution in [1.82, 2.24) is 15.0 Å². The van der Waals surface area contributed by atoms with Crippen molar-refractivity contribution in [3.8, 4) is 5.75 Å². The van der Waals surface area contributed by atoms with E-state index in [0.29, 0.717) is 5.69 Å². The highest BCUT2D eigenvalue weighted by Gasteiger charge is 2.31. The molecule has 0 aliphatic rings. The third-order valence-electron chi connectivity index (χ3n) is 2.16. The van der Waals surface area contributed by atoms with Gasteiger partial charge in [0.1, 0.15) is 5.75 Å². The molecule has 21 heavy (non-hydrogen) atoms. The Balaban J connectivity index is 2.20. The van der Waals surface area contributed by atoms with Gasteiger partial charge in [0, 0.05) is 18.8 Å². The molecule has 6 nitrogen and oxygen atoms in total. The van der Waals surface area contributed by atoms with E-state index in [0.717, 1.165) is 6.07 Å². The minimum Gasteiger partial charge on any atom is -0.406 e. The number of benzene rings is 1. The van der Waals surface area contributed by atoms with Gasteiger partial charge in [-0.2, -0.15) is 15.0 Å². The van der Waals surface area contributed by atoms with Gasteiger partial charge in [0.05, 0.1) is 0 Å². The molecule has 2 N–H and O–H groups in total. The number of hydrogen-bond donors (Lipinski definition) is 2. The van der Waals surface area contributed by atoms with E-state index >= 15 is 0 Å². The second-order valence-corrected chi connectivity index (χ2v) is 4.04. The van der Waals surface area contributed by atoms with Crippen molar-refractivity contribution in [2.45, 2.75) is 6.36 Å². The third-order valence-corrected chi connectivity index (χ3v) is 2.32. The largest absolute Gasteiger partial charge is 0.573 e. The Hall–Kier alpha value is -2.29. The zero-order chi connectivity index (χ0) is 15.5. The van der Waals surface area contributed by atoms with Crippen molar-refractivity contribution in [3.05, 3.63) is 29.5 Å². The molecule has 1 aromatic heterocycles. The zero-order valence-electron chi connectivity index (χ0n) is 10.6. The normalized spacial score (nSPS) is 11.1. The molecule has 10 heteroatoms. The smallest absolute Gasteiger partial charge is 0.406 e. The molecule has 2 rings (SSSR count). The lowest BCUT2D eigenvalue weighted by Gasteiger charge is -2.11. The Kier molecular flexibility index (Phi) is 4.32. The summed E-state index contributed by atoms with van der Waals surface area (Å²) in [4.78, 5) is 11.5. The molecule has 1 heterocycles. The highest BCUT2D eigenvalue weighted by molar-refractivity contribution is 6.28. The summed E-state index contributed by atoms with van der Waals surface area (Å²) in [5.41, 5.74) is 0.307. The fourth-order valence-corrected chi connectivity index (χ4v) is 1.58. The van der Waals surface area contributed by atoms with Crippen molar-refractivity contribution in [2.24, 2.45) is 0 Å². The molecule has 0 atom stereocenters. The van der Waals surface area contributed by atoms with Gasteiger partial charge in [-0.15, -0.1) is 13.2 Å².